The molecule has 34 heavy (non-hydrogen) atoms. The Balaban J connectivity index is 1.73. The van der Waals surface area contributed by atoms with Gasteiger partial charge in [-0.2, -0.15) is 0 Å². The summed E-state index contributed by atoms with van der Waals surface area (Å²) in [5.74, 6) is -1.53. The van der Waals surface area contributed by atoms with Crippen molar-refractivity contribution in [2.75, 3.05) is 26.2 Å². The van der Waals surface area contributed by atoms with Crippen LogP contribution < -0.4 is 11.1 Å². The van der Waals surface area contributed by atoms with Gasteiger partial charge in [0.15, 0.2) is 5.78 Å². The molecule has 2 aromatic carbocycles. The molecule has 1 heterocycles. The van der Waals surface area contributed by atoms with Crippen LogP contribution in [0.1, 0.15) is 25.0 Å². The molecule has 4 atom stereocenters. The van der Waals surface area contributed by atoms with Crippen molar-refractivity contribution in [2.24, 2.45) is 22.5 Å². The molecule has 3 aliphatic rings. The fraction of sp³-hybridized carbons (Fsp3) is 0.370. The minimum absolute atomic E-state index is 0.0813. The molecule has 2 amide bonds. The van der Waals surface area contributed by atoms with Gasteiger partial charge in [-0.15, -0.1) is 0 Å². The molecule has 2 fully saturated rings. The van der Waals surface area contributed by atoms with Crippen LogP contribution >= 0.6 is 15.9 Å². The average molecular weight is 522 g/mol. The second-order valence-corrected chi connectivity index (χ2v) is 10.9. The number of benzene rings is 2. The number of alkyl halides is 1. The first-order chi connectivity index (χ1) is 16.3. The minimum Gasteiger partial charge on any atom is -0.329 e. The number of likely N-dealkylation sites (tertiary alicyclic amines) is 1. The van der Waals surface area contributed by atoms with Gasteiger partial charge in [0.2, 0.25) is 11.8 Å². The van der Waals surface area contributed by atoms with Gasteiger partial charge in [0, 0.05) is 26.2 Å². The zero-order valence-electron chi connectivity index (χ0n) is 19.3. The van der Waals surface area contributed by atoms with Crippen LogP contribution in [0.2, 0.25) is 0 Å². The SMILES string of the molecule is CC12C(=O)C(C)(C(c3ccccc3)=C1c1ccccc1)C1(Br)C(=O)N(CCNCCN)C(=O)C21. The van der Waals surface area contributed by atoms with Crippen LogP contribution in [0.25, 0.3) is 11.1 Å². The Bertz CT molecular complexity index is 1210. The molecule has 2 bridgehead atoms. The van der Waals surface area contributed by atoms with Crippen molar-refractivity contribution in [3.63, 3.8) is 0 Å². The van der Waals surface area contributed by atoms with Crippen molar-refractivity contribution >= 4 is 44.7 Å². The first-order valence-corrected chi connectivity index (χ1v) is 12.4. The van der Waals surface area contributed by atoms with Gasteiger partial charge in [-0.25, -0.2) is 0 Å². The number of fused-ring (bicyclic) bond motifs is 5. The molecular weight excluding hydrogens is 494 g/mol. The molecule has 3 N–H and O–H groups in total. The van der Waals surface area contributed by atoms with E-state index in [9.17, 15) is 14.4 Å². The molecule has 1 aliphatic heterocycles. The van der Waals surface area contributed by atoms with Gasteiger partial charge in [-0.05, 0) is 36.1 Å². The lowest BCUT2D eigenvalue weighted by Gasteiger charge is -2.41. The molecule has 7 heteroatoms. The summed E-state index contributed by atoms with van der Waals surface area (Å²) in [5.41, 5.74) is 6.66. The summed E-state index contributed by atoms with van der Waals surface area (Å²) in [6.45, 7) is 5.45. The smallest absolute Gasteiger partial charge is 0.248 e. The number of nitrogens with zero attached hydrogens (tertiary/aromatic N) is 1. The van der Waals surface area contributed by atoms with Crippen LogP contribution in [0, 0.1) is 16.7 Å². The first kappa shape index (κ1) is 23.1. The highest BCUT2D eigenvalue weighted by atomic mass is 79.9. The Kier molecular flexibility index (Phi) is 5.43. The highest BCUT2D eigenvalue weighted by Crippen LogP contribution is 2.77. The van der Waals surface area contributed by atoms with E-state index >= 15 is 0 Å². The second kappa shape index (κ2) is 7.97. The zero-order chi connectivity index (χ0) is 24.3. The number of halogens is 1. The van der Waals surface area contributed by atoms with Crippen LogP contribution in [-0.4, -0.2) is 53.0 Å². The van der Waals surface area contributed by atoms with Crippen molar-refractivity contribution < 1.29 is 14.4 Å². The fourth-order valence-electron chi connectivity index (χ4n) is 6.49. The number of hydrogen-bond acceptors (Lipinski definition) is 5. The maximum absolute atomic E-state index is 14.3. The Morgan fingerprint density at radius 2 is 1.47 bits per heavy atom. The molecule has 5 rings (SSSR count). The normalized spacial score (nSPS) is 32.2. The lowest BCUT2D eigenvalue weighted by molar-refractivity contribution is -0.144. The predicted octanol–water partition coefficient (Wildman–Crippen LogP) is 2.87. The number of rotatable bonds is 7. The topological polar surface area (TPSA) is 92.5 Å². The number of nitrogens with one attached hydrogen (secondary N) is 1. The van der Waals surface area contributed by atoms with E-state index in [0.29, 0.717) is 19.6 Å². The maximum atomic E-state index is 14.3. The monoisotopic (exact) mass is 521 g/mol. The van der Waals surface area contributed by atoms with Gasteiger partial charge in [0.25, 0.3) is 0 Å². The van der Waals surface area contributed by atoms with E-state index in [4.69, 9.17) is 5.73 Å². The van der Waals surface area contributed by atoms with Gasteiger partial charge >= 0.3 is 0 Å². The number of imide groups is 1. The minimum atomic E-state index is -1.33. The molecule has 176 valence electrons. The number of hydrogen-bond donors (Lipinski definition) is 2. The Morgan fingerprint density at radius 1 is 0.912 bits per heavy atom. The Hall–Kier alpha value is -2.61. The lowest BCUT2D eigenvalue weighted by atomic mass is 9.63. The van der Waals surface area contributed by atoms with E-state index in [1.165, 1.54) is 4.90 Å². The van der Waals surface area contributed by atoms with Crippen molar-refractivity contribution in [3.05, 3.63) is 71.8 Å². The summed E-state index contributed by atoms with van der Waals surface area (Å²) in [4.78, 5) is 43.3. The number of Topliss-reactive ketones (excluding diaryl/α,β-unsaturated/α-hetero) is 1. The number of carbonyl (C=O) groups excluding carboxylic acids is 3. The summed E-state index contributed by atoms with van der Waals surface area (Å²) in [6.07, 6.45) is 0. The number of nitrogens with two attached hydrogens (primary N) is 1. The van der Waals surface area contributed by atoms with E-state index in [0.717, 1.165) is 22.3 Å². The summed E-state index contributed by atoms with van der Waals surface area (Å²) >= 11 is 3.76. The summed E-state index contributed by atoms with van der Waals surface area (Å²) in [7, 11) is 0. The molecule has 1 saturated carbocycles. The average Bonchev–Trinajstić information content (AvgIpc) is 3.23. The molecule has 4 unspecified atom stereocenters. The van der Waals surface area contributed by atoms with Gasteiger partial charge in [-0.1, -0.05) is 76.6 Å². The second-order valence-electron chi connectivity index (χ2n) is 9.62. The highest BCUT2D eigenvalue weighted by molar-refractivity contribution is 9.10. The number of ketones is 1. The van der Waals surface area contributed by atoms with E-state index in [-0.39, 0.29) is 24.1 Å². The Labute approximate surface area is 207 Å². The summed E-state index contributed by atoms with van der Waals surface area (Å²) < 4.78 is -1.33. The van der Waals surface area contributed by atoms with Crippen molar-refractivity contribution in [1.82, 2.24) is 10.2 Å². The Morgan fingerprint density at radius 3 is 2.03 bits per heavy atom. The molecule has 1 saturated heterocycles. The molecular formula is C27H28BrN3O3. The highest BCUT2D eigenvalue weighted by Gasteiger charge is 2.85. The standard InChI is InChI=1S/C27H28BrN3O3/c1-25-19(17-9-5-3-6-10-17)20(18-11-7-4-8-12-18)26(2,23(25)33)27(28)21(25)22(32)31(24(27)34)16-15-30-14-13-29/h3-12,21,30H,13-16,29H2,1-2H3. The van der Waals surface area contributed by atoms with Crippen molar-refractivity contribution in [2.45, 2.75) is 18.2 Å². The number of amides is 2. The van der Waals surface area contributed by atoms with E-state index < -0.39 is 21.1 Å². The zero-order valence-corrected chi connectivity index (χ0v) is 20.9. The first-order valence-electron chi connectivity index (χ1n) is 11.6. The van der Waals surface area contributed by atoms with Crippen molar-refractivity contribution in [3.8, 4) is 0 Å². The molecule has 0 radical (unpaired) electrons. The fourth-order valence-corrected chi connectivity index (χ4v) is 7.73. The van der Waals surface area contributed by atoms with E-state index in [2.05, 4.69) is 21.2 Å². The van der Waals surface area contributed by atoms with E-state index in [1.54, 1.807) is 0 Å². The van der Waals surface area contributed by atoms with Gasteiger partial charge < -0.3 is 11.1 Å². The third kappa shape index (κ3) is 2.66. The largest absolute Gasteiger partial charge is 0.329 e. The van der Waals surface area contributed by atoms with Crippen LogP contribution in [0.5, 0.6) is 0 Å². The third-order valence-corrected chi connectivity index (χ3v) is 9.52. The lowest BCUT2D eigenvalue weighted by Crippen LogP contribution is -2.51. The van der Waals surface area contributed by atoms with Gasteiger partial charge in [-0.3, -0.25) is 19.3 Å². The van der Waals surface area contributed by atoms with Crippen LogP contribution in [0.4, 0.5) is 0 Å². The molecule has 2 aromatic rings. The third-order valence-electron chi connectivity index (χ3n) is 7.93. The van der Waals surface area contributed by atoms with Crippen LogP contribution in [0.3, 0.4) is 0 Å². The maximum Gasteiger partial charge on any atom is 0.248 e. The summed E-state index contributed by atoms with van der Waals surface area (Å²) in [5, 5.41) is 3.15. The van der Waals surface area contributed by atoms with Gasteiger partial charge in [0.05, 0.1) is 16.7 Å². The number of allylic oxidation sites excluding steroid dienone is 2. The number of carbonyl (C=O) groups is 3. The molecule has 0 spiro atoms. The molecule has 6 nitrogen and oxygen atoms in total. The summed E-state index contributed by atoms with van der Waals surface area (Å²) in [6, 6.07) is 19.5. The molecule has 2 aliphatic carbocycles. The van der Waals surface area contributed by atoms with E-state index in [1.807, 2.05) is 74.5 Å². The van der Waals surface area contributed by atoms with Crippen LogP contribution in [-0.2, 0) is 14.4 Å². The quantitative estimate of drug-likeness (QED) is 0.332. The predicted molar refractivity (Wildman–Crippen MR) is 135 cm³/mol. The van der Waals surface area contributed by atoms with Gasteiger partial charge in [0.1, 0.15) is 4.32 Å². The van der Waals surface area contributed by atoms with Crippen LogP contribution in [0.15, 0.2) is 60.7 Å². The molecule has 0 aromatic heterocycles. The van der Waals surface area contributed by atoms with Crippen molar-refractivity contribution in [1.29, 1.82) is 0 Å².